The molecule has 0 aliphatic carbocycles. The van der Waals surface area contributed by atoms with E-state index in [1.165, 1.54) is 10.8 Å². The second-order valence-electron chi connectivity index (χ2n) is 4.37. The van der Waals surface area contributed by atoms with Crippen molar-refractivity contribution in [2.45, 2.75) is 19.4 Å². The Kier molecular flexibility index (Phi) is 3.01. The molecule has 9 heteroatoms. The minimum atomic E-state index is -0.460. The highest BCUT2D eigenvalue weighted by atomic mass is 35.5. The monoisotopic (exact) mass is 294 g/mol. The Morgan fingerprint density at radius 2 is 2.30 bits per heavy atom. The van der Waals surface area contributed by atoms with Gasteiger partial charge in [0.1, 0.15) is 23.3 Å². The average molecular weight is 295 g/mol. The fraction of sp³-hybridized carbons (Fsp3) is 0.364. The zero-order valence-corrected chi connectivity index (χ0v) is 11.3. The molecule has 1 unspecified atom stereocenters. The lowest BCUT2D eigenvalue weighted by molar-refractivity contribution is -0.132. The smallest absolute Gasteiger partial charge is 0.255 e. The zero-order chi connectivity index (χ0) is 14.3. The number of hydrogen-bond acceptors (Lipinski definition) is 6. The summed E-state index contributed by atoms with van der Waals surface area (Å²) in [5.41, 5.74) is 0. The van der Waals surface area contributed by atoms with Crippen LogP contribution in [0.5, 0.6) is 0 Å². The van der Waals surface area contributed by atoms with Gasteiger partial charge in [0.15, 0.2) is 0 Å². The van der Waals surface area contributed by atoms with Crippen LogP contribution in [0.15, 0.2) is 12.4 Å². The van der Waals surface area contributed by atoms with Crippen LogP contribution in [0.3, 0.4) is 0 Å². The maximum Gasteiger partial charge on any atom is 0.255 e. The van der Waals surface area contributed by atoms with E-state index in [0.29, 0.717) is 18.0 Å². The molecule has 0 saturated carbocycles. The van der Waals surface area contributed by atoms with Crippen LogP contribution in [0.1, 0.15) is 13.3 Å². The van der Waals surface area contributed by atoms with Gasteiger partial charge in [0.05, 0.1) is 6.54 Å². The molecule has 0 aromatic carbocycles. The molecule has 2 amide bonds. The van der Waals surface area contributed by atoms with Crippen LogP contribution in [0.25, 0.3) is 5.78 Å². The number of aromatic nitrogens is 4. The molecule has 1 atom stereocenters. The molecule has 2 aromatic heterocycles. The summed E-state index contributed by atoms with van der Waals surface area (Å²) in [4.78, 5) is 33.2. The number of carbonyl (C=O) groups is 2. The quantitative estimate of drug-likeness (QED) is 0.620. The highest BCUT2D eigenvalue weighted by Crippen LogP contribution is 2.23. The topological polar surface area (TPSA) is 92.5 Å². The van der Waals surface area contributed by atoms with Gasteiger partial charge in [0.25, 0.3) is 5.78 Å². The van der Waals surface area contributed by atoms with E-state index in [-0.39, 0.29) is 23.5 Å². The van der Waals surface area contributed by atoms with E-state index < -0.39 is 6.04 Å². The van der Waals surface area contributed by atoms with Crippen molar-refractivity contribution in [1.29, 1.82) is 0 Å². The Morgan fingerprint density at radius 3 is 3.05 bits per heavy atom. The van der Waals surface area contributed by atoms with Gasteiger partial charge < -0.3 is 4.90 Å². The lowest BCUT2D eigenvalue weighted by Gasteiger charge is -2.34. The van der Waals surface area contributed by atoms with Gasteiger partial charge in [0, 0.05) is 6.07 Å². The summed E-state index contributed by atoms with van der Waals surface area (Å²) in [6.07, 6.45) is 1.89. The lowest BCUT2D eigenvalue weighted by Crippen LogP contribution is -2.58. The van der Waals surface area contributed by atoms with Gasteiger partial charge in [-0.25, -0.2) is 0 Å². The maximum atomic E-state index is 11.9. The molecule has 1 aliphatic rings. The molecule has 2 aromatic rings. The summed E-state index contributed by atoms with van der Waals surface area (Å²) in [5.74, 6) is 0.152. The van der Waals surface area contributed by atoms with Gasteiger partial charge in [-0.1, -0.05) is 18.5 Å². The van der Waals surface area contributed by atoms with E-state index >= 15 is 0 Å². The first-order chi connectivity index (χ1) is 9.60. The van der Waals surface area contributed by atoms with E-state index in [2.05, 4.69) is 20.4 Å². The summed E-state index contributed by atoms with van der Waals surface area (Å²) in [5, 5.41) is 6.61. The number of piperazine rings is 1. The van der Waals surface area contributed by atoms with Crippen molar-refractivity contribution < 1.29 is 9.59 Å². The van der Waals surface area contributed by atoms with E-state index in [1.54, 1.807) is 11.0 Å². The standard InChI is InChI=1S/C11H11ClN6O2/c1-2-6-10(20)16-8(19)4-17(6)9-3-7(12)15-11-13-5-14-18(9)11/h3,5-6H,2,4H2,1H3,(H,16,19,20). The second kappa shape index (κ2) is 4.71. The van der Waals surface area contributed by atoms with Gasteiger partial charge in [-0.15, -0.1) is 0 Å². The SMILES string of the molecule is CCC1C(=O)NC(=O)CN1c1cc(Cl)nc2ncnn12. The van der Waals surface area contributed by atoms with Crippen molar-refractivity contribution in [3.05, 3.63) is 17.5 Å². The molecule has 0 spiro atoms. The predicted octanol–water partition coefficient (Wildman–Crippen LogP) is 0.0191. The van der Waals surface area contributed by atoms with Crippen molar-refractivity contribution in [2.75, 3.05) is 11.4 Å². The summed E-state index contributed by atoms with van der Waals surface area (Å²) in [7, 11) is 0. The molecule has 1 saturated heterocycles. The van der Waals surface area contributed by atoms with E-state index in [1.807, 2.05) is 6.92 Å². The van der Waals surface area contributed by atoms with Gasteiger partial charge in [-0.05, 0) is 6.42 Å². The number of imide groups is 1. The Hall–Kier alpha value is -2.22. The number of anilines is 1. The molecule has 104 valence electrons. The number of nitrogens with one attached hydrogen (secondary N) is 1. The van der Waals surface area contributed by atoms with Gasteiger partial charge in [-0.3, -0.25) is 14.9 Å². The van der Waals surface area contributed by atoms with Crippen molar-refractivity contribution in [3.8, 4) is 0 Å². The molecule has 20 heavy (non-hydrogen) atoms. The highest BCUT2D eigenvalue weighted by molar-refractivity contribution is 6.29. The Labute approximate surface area is 118 Å². The number of rotatable bonds is 2. The van der Waals surface area contributed by atoms with Crippen LogP contribution in [0.2, 0.25) is 5.15 Å². The molecule has 3 heterocycles. The summed E-state index contributed by atoms with van der Waals surface area (Å²) >= 11 is 5.96. The fourth-order valence-electron chi connectivity index (χ4n) is 2.29. The largest absolute Gasteiger partial charge is 0.335 e. The minimum Gasteiger partial charge on any atom is -0.335 e. The Bertz CT molecular complexity index is 699. The van der Waals surface area contributed by atoms with Gasteiger partial charge >= 0.3 is 0 Å². The van der Waals surface area contributed by atoms with Crippen molar-refractivity contribution in [3.63, 3.8) is 0 Å². The number of fused-ring (bicyclic) bond motifs is 1. The molecule has 8 nitrogen and oxygen atoms in total. The van der Waals surface area contributed by atoms with E-state index in [9.17, 15) is 9.59 Å². The van der Waals surface area contributed by atoms with Gasteiger partial charge in [-0.2, -0.15) is 19.6 Å². The molecule has 0 bridgehead atoms. The zero-order valence-electron chi connectivity index (χ0n) is 10.6. The number of hydrogen-bond donors (Lipinski definition) is 1. The summed E-state index contributed by atoms with van der Waals surface area (Å²) in [6, 6.07) is 1.11. The molecule has 3 rings (SSSR count). The molecule has 0 radical (unpaired) electrons. The van der Waals surface area contributed by atoms with Crippen molar-refractivity contribution in [2.24, 2.45) is 0 Å². The second-order valence-corrected chi connectivity index (χ2v) is 4.76. The minimum absolute atomic E-state index is 0.0551. The fourth-order valence-corrected chi connectivity index (χ4v) is 2.46. The third-order valence-corrected chi connectivity index (χ3v) is 3.33. The first kappa shape index (κ1) is 12.8. The van der Waals surface area contributed by atoms with Crippen LogP contribution in [0.4, 0.5) is 5.82 Å². The normalized spacial score (nSPS) is 19.5. The van der Waals surface area contributed by atoms with Crippen molar-refractivity contribution >= 4 is 35.0 Å². The molecule has 1 aliphatic heterocycles. The van der Waals surface area contributed by atoms with E-state index in [4.69, 9.17) is 11.6 Å². The highest BCUT2D eigenvalue weighted by Gasteiger charge is 2.34. The summed E-state index contributed by atoms with van der Waals surface area (Å²) in [6.45, 7) is 1.92. The number of carbonyl (C=O) groups excluding carboxylic acids is 2. The average Bonchev–Trinajstić information content (AvgIpc) is 2.84. The first-order valence-corrected chi connectivity index (χ1v) is 6.44. The first-order valence-electron chi connectivity index (χ1n) is 6.06. The van der Waals surface area contributed by atoms with Crippen LogP contribution in [-0.4, -0.2) is 44.0 Å². The Balaban J connectivity index is 2.14. The van der Waals surface area contributed by atoms with E-state index in [0.717, 1.165) is 0 Å². The molecular formula is C11H11ClN6O2. The molecular weight excluding hydrogens is 284 g/mol. The maximum absolute atomic E-state index is 11.9. The third kappa shape index (κ3) is 1.97. The van der Waals surface area contributed by atoms with Crippen LogP contribution < -0.4 is 10.2 Å². The molecule has 1 fully saturated rings. The van der Waals surface area contributed by atoms with Crippen LogP contribution >= 0.6 is 11.6 Å². The number of amides is 2. The third-order valence-electron chi connectivity index (χ3n) is 3.14. The number of nitrogens with zero attached hydrogens (tertiary/aromatic N) is 5. The Morgan fingerprint density at radius 1 is 1.50 bits per heavy atom. The van der Waals surface area contributed by atoms with Crippen LogP contribution in [-0.2, 0) is 9.59 Å². The summed E-state index contributed by atoms with van der Waals surface area (Å²) < 4.78 is 1.46. The van der Waals surface area contributed by atoms with Crippen LogP contribution in [0, 0.1) is 0 Å². The predicted molar refractivity (Wildman–Crippen MR) is 70.4 cm³/mol. The van der Waals surface area contributed by atoms with Gasteiger partial charge in [0.2, 0.25) is 11.8 Å². The molecule has 1 N–H and O–H groups in total. The van der Waals surface area contributed by atoms with Crippen molar-refractivity contribution in [1.82, 2.24) is 24.9 Å². The lowest BCUT2D eigenvalue weighted by atomic mass is 10.1. The number of halogens is 1.